The summed E-state index contributed by atoms with van der Waals surface area (Å²) < 4.78 is 0. The molecule has 116 valence electrons. The van der Waals surface area contributed by atoms with E-state index in [1.165, 1.54) is 11.1 Å². The second kappa shape index (κ2) is 4.97. The Labute approximate surface area is 132 Å². The molecule has 1 fully saturated rings. The van der Waals surface area contributed by atoms with Gasteiger partial charge in [-0.15, -0.1) is 0 Å². The Hall–Kier alpha value is -1.57. The normalized spacial score (nSPS) is 33.2. The Morgan fingerprint density at radius 1 is 1.23 bits per heavy atom. The second-order valence-corrected chi connectivity index (χ2v) is 7.64. The number of benzene rings is 1. The van der Waals surface area contributed by atoms with E-state index >= 15 is 0 Å². The third-order valence-electron chi connectivity index (χ3n) is 6.26. The summed E-state index contributed by atoms with van der Waals surface area (Å²) in [6.45, 7) is 4.62. The fraction of sp³-hybridized carbons (Fsp3) is 0.550. The van der Waals surface area contributed by atoms with Crippen LogP contribution in [0.25, 0.3) is 0 Å². The first-order chi connectivity index (χ1) is 10.6. The van der Waals surface area contributed by atoms with Gasteiger partial charge in [-0.05, 0) is 77.7 Å². The molecule has 1 saturated carbocycles. The van der Waals surface area contributed by atoms with Gasteiger partial charge in [-0.2, -0.15) is 0 Å². The number of hydrogen-bond donors (Lipinski definition) is 1. The summed E-state index contributed by atoms with van der Waals surface area (Å²) in [6.07, 6.45) is 6.04. The van der Waals surface area contributed by atoms with Gasteiger partial charge in [-0.3, -0.25) is 4.79 Å². The van der Waals surface area contributed by atoms with Crippen LogP contribution in [0, 0.1) is 23.7 Å². The molecule has 0 heterocycles. The van der Waals surface area contributed by atoms with E-state index in [9.17, 15) is 9.90 Å². The number of hydrogen-bond acceptors (Lipinski definition) is 2. The van der Waals surface area contributed by atoms with E-state index in [0.29, 0.717) is 41.1 Å². The third kappa shape index (κ3) is 1.96. The second-order valence-electron chi connectivity index (χ2n) is 7.64. The topological polar surface area (TPSA) is 37.3 Å². The molecule has 3 aliphatic carbocycles. The van der Waals surface area contributed by atoms with Gasteiger partial charge >= 0.3 is 0 Å². The molecule has 0 amide bonds. The summed E-state index contributed by atoms with van der Waals surface area (Å²) in [6, 6.07) is 5.90. The molecular formula is C20H24O2. The van der Waals surface area contributed by atoms with Crippen molar-refractivity contribution in [2.75, 3.05) is 0 Å². The van der Waals surface area contributed by atoms with Crippen LogP contribution in [-0.4, -0.2) is 10.9 Å². The molecule has 0 aliphatic heterocycles. The van der Waals surface area contributed by atoms with Gasteiger partial charge in [0.25, 0.3) is 0 Å². The van der Waals surface area contributed by atoms with Gasteiger partial charge in [0.2, 0.25) is 0 Å². The molecule has 1 N–H and O–H groups in total. The maximum Gasteiger partial charge on any atom is 0.158 e. The van der Waals surface area contributed by atoms with Gasteiger partial charge in [-0.1, -0.05) is 26.0 Å². The van der Waals surface area contributed by atoms with Gasteiger partial charge in [0, 0.05) is 6.42 Å². The van der Waals surface area contributed by atoms with Crippen molar-refractivity contribution in [1.82, 2.24) is 0 Å². The van der Waals surface area contributed by atoms with E-state index in [0.717, 1.165) is 31.3 Å². The fourth-order valence-corrected chi connectivity index (χ4v) is 5.28. The highest BCUT2D eigenvalue weighted by molar-refractivity contribution is 5.98. The minimum Gasteiger partial charge on any atom is -0.508 e. The van der Waals surface area contributed by atoms with Crippen molar-refractivity contribution >= 4 is 5.78 Å². The Morgan fingerprint density at radius 2 is 2.05 bits per heavy atom. The van der Waals surface area contributed by atoms with Crippen molar-refractivity contribution in [3.8, 4) is 5.75 Å². The number of rotatable bonds is 1. The van der Waals surface area contributed by atoms with Crippen LogP contribution >= 0.6 is 0 Å². The predicted molar refractivity (Wildman–Crippen MR) is 86.8 cm³/mol. The van der Waals surface area contributed by atoms with Gasteiger partial charge in [-0.25, -0.2) is 0 Å². The Balaban J connectivity index is 1.82. The first-order valence-corrected chi connectivity index (χ1v) is 8.61. The smallest absolute Gasteiger partial charge is 0.158 e. The SMILES string of the molecule is CC(C)C1Cc2cc(O)ccc2C2CC=C3C(=O)CCC3C21. The standard InChI is InChI=1S/C20H24O2/c1-11(2)18-10-12-9-13(21)3-4-14(12)16-6-5-15-17(20(16)18)7-8-19(15)22/h3-5,9,11,16-18,20-21H,6-8,10H2,1-2H3. The van der Waals surface area contributed by atoms with Crippen LogP contribution < -0.4 is 0 Å². The molecular weight excluding hydrogens is 272 g/mol. The van der Waals surface area contributed by atoms with E-state index in [-0.39, 0.29) is 0 Å². The lowest BCUT2D eigenvalue weighted by atomic mass is 9.57. The summed E-state index contributed by atoms with van der Waals surface area (Å²) in [5.41, 5.74) is 3.87. The Kier molecular flexibility index (Phi) is 3.18. The van der Waals surface area contributed by atoms with E-state index in [1.807, 2.05) is 12.1 Å². The van der Waals surface area contributed by atoms with Crippen molar-refractivity contribution in [3.63, 3.8) is 0 Å². The maximum absolute atomic E-state index is 12.1. The fourth-order valence-electron chi connectivity index (χ4n) is 5.28. The number of ketones is 1. The lowest BCUT2D eigenvalue weighted by molar-refractivity contribution is -0.114. The average Bonchev–Trinajstić information content (AvgIpc) is 2.87. The van der Waals surface area contributed by atoms with E-state index < -0.39 is 0 Å². The van der Waals surface area contributed by atoms with Crippen LogP contribution in [0.5, 0.6) is 5.75 Å². The maximum atomic E-state index is 12.1. The summed E-state index contributed by atoms with van der Waals surface area (Å²) in [5.74, 6) is 3.59. The van der Waals surface area contributed by atoms with Crippen LogP contribution in [0.1, 0.15) is 50.2 Å². The van der Waals surface area contributed by atoms with E-state index in [4.69, 9.17) is 0 Å². The number of phenols is 1. The molecule has 22 heavy (non-hydrogen) atoms. The lowest BCUT2D eigenvalue weighted by Crippen LogP contribution is -2.39. The third-order valence-corrected chi connectivity index (χ3v) is 6.26. The molecule has 2 heteroatoms. The van der Waals surface area contributed by atoms with Gasteiger partial charge in [0.05, 0.1) is 0 Å². The molecule has 2 nitrogen and oxygen atoms in total. The Bertz CT molecular complexity index is 656. The van der Waals surface area contributed by atoms with Crippen molar-refractivity contribution < 1.29 is 9.90 Å². The van der Waals surface area contributed by atoms with Crippen molar-refractivity contribution in [2.45, 2.75) is 45.4 Å². The first kappa shape index (κ1) is 14.0. The lowest BCUT2D eigenvalue weighted by Gasteiger charge is -2.47. The molecule has 1 aromatic carbocycles. The summed E-state index contributed by atoms with van der Waals surface area (Å²) in [7, 11) is 0. The number of carbonyl (C=O) groups is 1. The molecule has 3 aliphatic rings. The monoisotopic (exact) mass is 296 g/mol. The molecule has 0 saturated heterocycles. The quantitative estimate of drug-likeness (QED) is 0.842. The summed E-state index contributed by atoms with van der Waals surface area (Å²) in [5, 5.41) is 9.84. The van der Waals surface area contributed by atoms with Crippen LogP contribution in [0.15, 0.2) is 29.8 Å². The molecule has 1 aromatic rings. The minimum atomic E-state index is 0.378. The molecule has 0 bridgehead atoms. The summed E-state index contributed by atoms with van der Waals surface area (Å²) >= 11 is 0. The average molecular weight is 296 g/mol. The number of Topliss-reactive ketones (excluding diaryl/α,β-unsaturated/α-hetero) is 1. The van der Waals surface area contributed by atoms with Gasteiger partial charge in [0.15, 0.2) is 5.78 Å². The number of allylic oxidation sites excluding steroid dienone is 2. The van der Waals surface area contributed by atoms with Crippen molar-refractivity contribution in [1.29, 1.82) is 0 Å². The zero-order valence-corrected chi connectivity index (χ0v) is 13.4. The van der Waals surface area contributed by atoms with Gasteiger partial charge < -0.3 is 5.11 Å². The number of carbonyl (C=O) groups excluding carboxylic acids is 1. The molecule has 0 spiro atoms. The van der Waals surface area contributed by atoms with Crippen molar-refractivity contribution in [3.05, 3.63) is 41.0 Å². The minimum absolute atomic E-state index is 0.378. The van der Waals surface area contributed by atoms with Crippen LogP contribution in [0.3, 0.4) is 0 Å². The van der Waals surface area contributed by atoms with Crippen LogP contribution in [0.4, 0.5) is 0 Å². The molecule has 4 rings (SSSR count). The van der Waals surface area contributed by atoms with Crippen LogP contribution in [0.2, 0.25) is 0 Å². The van der Waals surface area contributed by atoms with Gasteiger partial charge in [0.1, 0.15) is 5.75 Å². The zero-order valence-electron chi connectivity index (χ0n) is 13.4. The molecule has 0 radical (unpaired) electrons. The molecule has 4 unspecified atom stereocenters. The number of fused-ring (bicyclic) bond motifs is 5. The molecule has 0 aromatic heterocycles. The molecule has 4 atom stereocenters. The highest BCUT2D eigenvalue weighted by Gasteiger charge is 2.47. The Morgan fingerprint density at radius 3 is 2.82 bits per heavy atom. The zero-order chi connectivity index (χ0) is 15.4. The highest BCUT2D eigenvalue weighted by atomic mass is 16.3. The number of phenolic OH excluding ortho intramolecular Hbond substituents is 1. The highest BCUT2D eigenvalue weighted by Crippen LogP contribution is 2.55. The van der Waals surface area contributed by atoms with Crippen LogP contribution in [-0.2, 0) is 11.2 Å². The first-order valence-electron chi connectivity index (χ1n) is 8.61. The largest absolute Gasteiger partial charge is 0.508 e. The van der Waals surface area contributed by atoms with E-state index in [1.54, 1.807) is 0 Å². The predicted octanol–water partition coefficient (Wildman–Crippen LogP) is 4.23. The van der Waals surface area contributed by atoms with Crippen molar-refractivity contribution in [2.24, 2.45) is 23.7 Å². The van der Waals surface area contributed by atoms with E-state index in [2.05, 4.69) is 26.0 Å². The summed E-state index contributed by atoms with van der Waals surface area (Å²) in [4.78, 5) is 12.1. The number of aromatic hydroxyl groups is 1.